The minimum atomic E-state index is -1.42. The Labute approximate surface area is 138 Å². The first-order valence-corrected chi connectivity index (χ1v) is 12.1. The van der Waals surface area contributed by atoms with E-state index in [0.717, 1.165) is 5.56 Å². The maximum Gasteiger partial charge on any atom is 0.129 e. The zero-order valence-electron chi connectivity index (χ0n) is 14.4. The van der Waals surface area contributed by atoms with Gasteiger partial charge in [-0.2, -0.15) is 0 Å². The van der Waals surface area contributed by atoms with Crippen molar-refractivity contribution in [3.63, 3.8) is 0 Å². The Bertz CT molecular complexity index is 574. The summed E-state index contributed by atoms with van der Waals surface area (Å²) in [6.07, 6.45) is 0.608. The summed E-state index contributed by atoms with van der Waals surface area (Å²) < 4.78 is 15.2. The number of aromatic hydroxyl groups is 1. The van der Waals surface area contributed by atoms with Gasteiger partial charge in [-0.15, -0.1) is 11.5 Å². The second-order valence-electron chi connectivity index (χ2n) is 7.40. The number of rotatable bonds is 4. The van der Waals surface area contributed by atoms with Gasteiger partial charge in [-0.05, 0) is 38.5 Å². The van der Waals surface area contributed by atoms with E-state index in [-0.39, 0.29) is 16.5 Å². The predicted octanol–water partition coefficient (Wildman–Crippen LogP) is 3.76. The van der Waals surface area contributed by atoms with Crippen molar-refractivity contribution in [2.45, 2.75) is 57.6 Å². The summed E-state index contributed by atoms with van der Waals surface area (Å²) in [5.74, 6) is 3.48. The largest absolute Gasteiger partial charge is 0.508 e. The fraction of sp³-hybridized carbons (Fsp3) is 0.529. The van der Waals surface area contributed by atoms with Crippen LogP contribution in [0, 0.1) is 11.5 Å². The van der Waals surface area contributed by atoms with Crippen LogP contribution in [0.1, 0.15) is 38.8 Å². The topological polar surface area (TPSA) is 49.3 Å². The van der Waals surface area contributed by atoms with E-state index in [0.29, 0.717) is 6.42 Å². The van der Waals surface area contributed by atoms with Gasteiger partial charge >= 0.3 is 0 Å². The molecule has 1 rings (SSSR count). The lowest BCUT2D eigenvalue weighted by molar-refractivity contribution is 0.474. The van der Waals surface area contributed by atoms with Crippen LogP contribution < -0.4 is 4.72 Å². The second-order valence-corrected chi connectivity index (χ2v) is 14.1. The fourth-order valence-electron chi connectivity index (χ4n) is 1.66. The molecule has 0 amide bonds. The first-order chi connectivity index (χ1) is 9.99. The molecule has 1 aromatic rings. The van der Waals surface area contributed by atoms with Crippen molar-refractivity contribution in [1.29, 1.82) is 0 Å². The maximum atomic E-state index is 12.4. The van der Waals surface area contributed by atoms with Gasteiger partial charge in [0.05, 0.1) is 21.8 Å². The number of hydrogen-bond acceptors (Lipinski definition) is 2. The van der Waals surface area contributed by atoms with Gasteiger partial charge in [0, 0.05) is 6.42 Å². The molecule has 0 saturated heterocycles. The molecule has 0 aliphatic rings. The lowest BCUT2D eigenvalue weighted by atomic mass is 10.1. The van der Waals surface area contributed by atoms with Crippen LogP contribution in [0.4, 0.5) is 0 Å². The van der Waals surface area contributed by atoms with Crippen molar-refractivity contribution in [3.05, 3.63) is 29.8 Å². The van der Waals surface area contributed by atoms with Gasteiger partial charge in [0.2, 0.25) is 0 Å². The molecule has 0 fully saturated rings. The summed E-state index contributed by atoms with van der Waals surface area (Å²) in [5.41, 5.74) is 4.33. The van der Waals surface area contributed by atoms with Crippen molar-refractivity contribution in [3.8, 4) is 17.2 Å². The van der Waals surface area contributed by atoms with Gasteiger partial charge in [0.15, 0.2) is 0 Å². The SMILES string of the molecule is CC(C)(C)S(=O)N[C@@H](CC#C[Si](C)(C)C)c1ccc(O)cc1. The Morgan fingerprint density at radius 3 is 2.23 bits per heavy atom. The van der Waals surface area contributed by atoms with E-state index in [9.17, 15) is 9.32 Å². The average Bonchev–Trinajstić information content (AvgIpc) is 2.36. The minimum absolute atomic E-state index is 0.107. The average molecular weight is 338 g/mol. The molecule has 122 valence electrons. The summed E-state index contributed by atoms with van der Waals surface area (Å²) in [4.78, 5) is 0. The standard InChI is InChI=1S/C17H27NO2SSi/c1-17(2,3)21(20)18-16(8-7-13-22(4,5)6)14-9-11-15(19)12-10-14/h9-12,16,18-19H,8H2,1-6H3/t16-,21?/m0/s1. The highest BCUT2D eigenvalue weighted by molar-refractivity contribution is 7.84. The first-order valence-electron chi connectivity index (χ1n) is 7.46. The molecule has 0 spiro atoms. The minimum Gasteiger partial charge on any atom is -0.508 e. The molecule has 0 radical (unpaired) electrons. The monoisotopic (exact) mass is 337 g/mol. The number of benzene rings is 1. The van der Waals surface area contributed by atoms with E-state index < -0.39 is 19.1 Å². The Morgan fingerprint density at radius 1 is 1.23 bits per heavy atom. The van der Waals surface area contributed by atoms with Crippen LogP contribution >= 0.6 is 0 Å². The van der Waals surface area contributed by atoms with Gasteiger partial charge in [-0.25, -0.2) is 8.93 Å². The first kappa shape index (κ1) is 19.0. The zero-order chi connectivity index (χ0) is 17.0. The molecule has 3 nitrogen and oxygen atoms in total. The van der Waals surface area contributed by atoms with E-state index in [1.54, 1.807) is 12.1 Å². The Hall–Kier alpha value is -1.09. The van der Waals surface area contributed by atoms with Crippen LogP contribution in [-0.2, 0) is 11.0 Å². The van der Waals surface area contributed by atoms with Gasteiger partial charge in [0.1, 0.15) is 13.8 Å². The Morgan fingerprint density at radius 2 is 1.77 bits per heavy atom. The van der Waals surface area contributed by atoms with Crippen molar-refractivity contribution >= 4 is 19.1 Å². The van der Waals surface area contributed by atoms with Crippen LogP contribution in [0.3, 0.4) is 0 Å². The van der Waals surface area contributed by atoms with E-state index in [2.05, 4.69) is 35.8 Å². The highest BCUT2D eigenvalue weighted by Gasteiger charge is 2.23. The third-order valence-corrected chi connectivity index (χ3v) is 5.41. The molecule has 0 heterocycles. The second kappa shape index (κ2) is 7.45. The normalized spacial score (nSPS) is 14.8. The molecule has 0 aliphatic carbocycles. The molecule has 5 heteroatoms. The summed E-state index contributed by atoms with van der Waals surface area (Å²) in [7, 11) is -2.58. The lowest BCUT2D eigenvalue weighted by Crippen LogP contribution is -2.35. The molecular weight excluding hydrogens is 310 g/mol. The molecule has 0 aromatic heterocycles. The molecule has 2 atom stereocenters. The predicted molar refractivity (Wildman–Crippen MR) is 97.6 cm³/mol. The molecule has 22 heavy (non-hydrogen) atoms. The summed E-state index contributed by atoms with van der Waals surface area (Å²) >= 11 is 0. The van der Waals surface area contributed by atoms with Crippen LogP contribution in [0.15, 0.2) is 24.3 Å². The number of phenols is 1. The van der Waals surface area contributed by atoms with Crippen molar-refractivity contribution in [1.82, 2.24) is 4.72 Å². The quantitative estimate of drug-likeness (QED) is 0.649. The van der Waals surface area contributed by atoms with E-state index >= 15 is 0 Å². The van der Waals surface area contributed by atoms with Crippen LogP contribution in [0.25, 0.3) is 0 Å². The van der Waals surface area contributed by atoms with E-state index in [1.165, 1.54) is 0 Å². The molecular formula is C17H27NO2SSi. The molecule has 2 N–H and O–H groups in total. The van der Waals surface area contributed by atoms with Gasteiger partial charge in [-0.1, -0.05) is 31.8 Å². The lowest BCUT2D eigenvalue weighted by Gasteiger charge is -2.23. The van der Waals surface area contributed by atoms with Gasteiger partial charge < -0.3 is 5.11 Å². The van der Waals surface area contributed by atoms with Gasteiger partial charge in [0.25, 0.3) is 0 Å². The third-order valence-electron chi connectivity index (χ3n) is 2.87. The van der Waals surface area contributed by atoms with Crippen LogP contribution in [0.5, 0.6) is 5.75 Å². The summed E-state index contributed by atoms with van der Waals surface area (Å²) in [6, 6.07) is 6.89. The number of phenolic OH excluding ortho intramolecular Hbond substituents is 1. The molecule has 0 bridgehead atoms. The number of nitrogens with one attached hydrogen (secondary N) is 1. The van der Waals surface area contributed by atoms with E-state index in [4.69, 9.17) is 0 Å². The summed E-state index contributed by atoms with van der Waals surface area (Å²) in [6.45, 7) is 12.4. The van der Waals surface area contributed by atoms with Crippen LogP contribution in [0.2, 0.25) is 19.6 Å². The smallest absolute Gasteiger partial charge is 0.129 e. The zero-order valence-corrected chi connectivity index (χ0v) is 16.2. The van der Waals surface area contributed by atoms with Crippen molar-refractivity contribution < 1.29 is 9.32 Å². The van der Waals surface area contributed by atoms with E-state index in [1.807, 2.05) is 32.9 Å². The number of hydrogen-bond donors (Lipinski definition) is 2. The molecule has 0 aliphatic heterocycles. The van der Waals surface area contributed by atoms with Crippen LogP contribution in [-0.4, -0.2) is 22.1 Å². The fourth-order valence-corrected chi connectivity index (χ4v) is 3.12. The molecule has 1 unspecified atom stereocenters. The molecule has 0 saturated carbocycles. The highest BCUT2D eigenvalue weighted by Crippen LogP contribution is 2.22. The van der Waals surface area contributed by atoms with Crippen molar-refractivity contribution in [2.24, 2.45) is 0 Å². The summed E-state index contributed by atoms with van der Waals surface area (Å²) in [5, 5.41) is 9.43. The van der Waals surface area contributed by atoms with Gasteiger partial charge in [-0.3, -0.25) is 0 Å². The Kier molecular flexibility index (Phi) is 6.42. The molecule has 1 aromatic carbocycles. The maximum absolute atomic E-state index is 12.4. The Balaban J connectivity index is 2.97. The highest BCUT2D eigenvalue weighted by atomic mass is 32.2. The van der Waals surface area contributed by atoms with Crippen molar-refractivity contribution in [2.75, 3.05) is 0 Å². The third kappa shape index (κ3) is 6.78.